The third kappa shape index (κ3) is 3.82. The van der Waals surface area contributed by atoms with Gasteiger partial charge >= 0.3 is 0 Å². The maximum atomic E-state index is 10.3. The zero-order valence-electron chi connectivity index (χ0n) is 11.4. The fourth-order valence-electron chi connectivity index (χ4n) is 2.23. The lowest BCUT2D eigenvalue weighted by Crippen LogP contribution is -2.01. The van der Waals surface area contributed by atoms with Crippen LogP contribution in [0.25, 0.3) is 0 Å². The molecule has 0 amide bonds. The number of hydrogen-bond donors (Lipinski definition) is 1. The van der Waals surface area contributed by atoms with Crippen LogP contribution >= 0.6 is 11.3 Å². The van der Waals surface area contributed by atoms with E-state index >= 15 is 0 Å². The molecular weight excluding hydrogens is 256 g/mol. The number of ether oxygens (including phenoxy) is 1. The summed E-state index contributed by atoms with van der Waals surface area (Å²) in [7, 11) is 1.66. The van der Waals surface area contributed by atoms with Gasteiger partial charge in [-0.25, -0.2) is 0 Å². The summed E-state index contributed by atoms with van der Waals surface area (Å²) in [6.45, 7) is 2.01. The van der Waals surface area contributed by atoms with E-state index in [2.05, 4.69) is 17.5 Å². The molecule has 0 aliphatic carbocycles. The van der Waals surface area contributed by atoms with E-state index < -0.39 is 0 Å². The van der Waals surface area contributed by atoms with Crippen LogP contribution in [-0.4, -0.2) is 12.2 Å². The molecule has 0 spiro atoms. The van der Waals surface area contributed by atoms with Gasteiger partial charge in [0.05, 0.1) is 13.2 Å². The van der Waals surface area contributed by atoms with Crippen molar-refractivity contribution in [1.82, 2.24) is 0 Å². The molecule has 0 saturated heterocycles. The highest BCUT2D eigenvalue weighted by Crippen LogP contribution is 2.26. The first-order chi connectivity index (χ1) is 9.20. The minimum Gasteiger partial charge on any atom is -0.497 e. The van der Waals surface area contributed by atoms with Gasteiger partial charge in [-0.2, -0.15) is 0 Å². The lowest BCUT2D eigenvalue weighted by atomic mass is 9.99. The van der Waals surface area contributed by atoms with E-state index in [4.69, 9.17) is 4.74 Å². The van der Waals surface area contributed by atoms with Gasteiger partial charge in [-0.15, -0.1) is 11.3 Å². The number of hydrogen-bond acceptors (Lipinski definition) is 3. The van der Waals surface area contributed by atoms with E-state index in [9.17, 15) is 5.11 Å². The maximum Gasteiger partial charge on any atom is 0.119 e. The van der Waals surface area contributed by atoms with Crippen LogP contribution in [-0.2, 0) is 6.42 Å². The number of aliphatic hydroxyl groups excluding tert-OH is 1. The molecule has 1 aromatic carbocycles. The van der Waals surface area contributed by atoms with Gasteiger partial charge in [0.2, 0.25) is 0 Å². The van der Waals surface area contributed by atoms with Crippen LogP contribution in [0.4, 0.5) is 0 Å². The molecular formula is C16H20O2S. The van der Waals surface area contributed by atoms with Gasteiger partial charge in [0.25, 0.3) is 0 Å². The summed E-state index contributed by atoms with van der Waals surface area (Å²) in [6.07, 6.45) is 2.47. The highest BCUT2D eigenvalue weighted by atomic mass is 32.1. The number of aliphatic hydroxyl groups is 1. The highest BCUT2D eigenvalue weighted by Gasteiger charge is 2.11. The SMILES string of the molecule is COc1ccc(C(O)CCCc2cccs2)c(C)c1. The Morgan fingerprint density at radius 2 is 2.16 bits per heavy atom. The van der Waals surface area contributed by atoms with Crippen LogP contribution in [0.1, 0.15) is 34.9 Å². The molecule has 102 valence electrons. The smallest absolute Gasteiger partial charge is 0.119 e. The lowest BCUT2D eigenvalue weighted by molar-refractivity contribution is 0.164. The van der Waals surface area contributed by atoms with Crippen molar-refractivity contribution in [3.8, 4) is 5.75 Å². The summed E-state index contributed by atoms with van der Waals surface area (Å²) in [5, 5.41) is 12.4. The molecule has 19 heavy (non-hydrogen) atoms. The first kappa shape index (κ1) is 14.1. The Labute approximate surface area is 118 Å². The summed E-state index contributed by atoms with van der Waals surface area (Å²) >= 11 is 1.78. The van der Waals surface area contributed by atoms with Gasteiger partial charge in [-0.1, -0.05) is 12.1 Å². The molecule has 0 radical (unpaired) electrons. The van der Waals surface area contributed by atoms with Crippen LogP contribution in [0.3, 0.4) is 0 Å². The zero-order valence-corrected chi connectivity index (χ0v) is 12.2. The second-order valence-electron chi connectivity index (χ2n) is 4.71. The minimum atomic E-state index is -0.383. The van der Waals surface area contributed by atoms with E-state index in [1.54, 1.807) is 18.4 Å². The van der Waals surface area contributed by atoms with Gasteiger partial charge < -0.3 is 9.84 Å². The molecule has 3 heteroatoms. The van der Waals surface area contributed by atoms with Gasteiger partial charge in [-0.3, -0.25) is 0 Å². The standard InChI is InChI=1S/C16H20O2S/c1-12-11-13(18-2)8-9-15(12)16(17)7-3-5-14-6-4-10-19-14/h4,6,8-11,16-17H,3,5,7H2,1-2H3. The van der Waals surface area contributed by atoms with Gasteiger partial charge in [0.1, 0.15) is 5.75 Å². The molecule has 0 aliphatic rings. The molecule has 1 N–H and O–H groups in total. The molecule has 2 aromatic rings. The average Bonchev–Trinajstić information content (AvgIpc) is 2.91. The summed E-state index contributed by atoms with van der Waals surface area (Å²) in [5.41, 5.74) is 2.09. The Morgan fingerprint density at radius 1 is 1.32 bits per heavy atom. The summed E-state index contributed by atoms with van der Waals surface area (Å²) in [4.78, 5) is 1.39. The van der Waals surface area contributed by atoms with Crippen molar-refractivity contribution in [2.75, 3.05) is 7.11 Å². The molecule has 0 saturated carbocycles. The Kier molecular flexibility index (Phi) is 5.00. The molecule has 0 fully saturated rings. The van der Waals surface area contributed by atoms with E-state index in [0.717, 1.165) is 36.1 Å². The lowest BCUT2D eigenvalue weighted by Gasteiger charge is -2.14. The molecule has 0 aliphatic heterocycles. The fourth-order valence-corrected chi connectivity index (χ4v) is 2.98. The van der Waals surface area contributed by atoms with Crippen LogP contribution in [0.15, 0.2) is 35.7 Å². The van der Waals surface area contributed by atoms with Gasteiger partial charge in [-0.05, 0) is 60.9 Å². The van der Waals surface area contributed by atoms with E-state index in [1.165, 1.54) is 4.88 Å². The number of aryl methyl sites for hydroxylation is 2. The molecule has 2 nitrogen and oxygen atoms in total. The predicted molar refractivity (Wildman–Crippen MR) is 79.9 cm³/mol. The quantitative estimate of drug-likeness (QED) is 0.860. The zero-order chi connectivity index (χ0) is 13.7. The number of methoxy groups -OCH3 is 1. The molecule has 1 atom stereocenters. The average molecular weight is 276 g/mol. The van der Waals surface area contributed by atoms with Crippen LogP contribution in [0.2, 0.25) is 0 Å². The van der Waals surface area contributed by atoms with Crippen molar-refractivity contribution in [1.29, 1.82) is 0 Å². The van der Waals surface area contributed by atoms with Gasteiger partial charge in [0.15, 0.2) is 0 Å². The van der Waals surface area contributed by atoms with Crippen molar-refractivity contribution in [2.45, 2.75) is 32.3 Å². The van der Waals surface area contributed by atoms with E-state index in [-0.39, 0.29) is 6.10 Å². The summed E-state index contributed by atoms with van der Waals surface area (Å²) in [6, 6.07) is 10.1. The first-order valence-electron chi connectivity index (χ1n) is 6.55. The monoisotopic (exact) mass is 276 g/mol. The Morgan fingerprint density at radius 3 is 2.79 bits per heavy atom. The maximum absolute atomic E-state index is 10.3. The molecule has 1 aromatic heterocycles. The van der Waals surface area contributed by atoms with Crippen LogP contribution in [0, 0.1) is 6.92 Å². The van der Waals surface area contributed by atoms with E-state index in [1.807, 2.05) is 25.1 Å². The number of rotatable bonds is 6. The topological polar surface area (TPSA) is 29.5 Å². The van der Waals surface area contributed by atoms with Gasteiger partial charge in [0, 0.05) is 4.88 Å². The van der Waals surface area contributed by atoms with E-state index in [0.29, 0.717) is 0 Å². The van der Waals surface area contributed by atoms with Crippen molar-refractivity contribution in [3.63, 3.8) is 0 Å². The van der Waals surface area contributed by atoms with Crippen molar-refractivity contribution in [2.24, 2.45) is 0 Å². The van der Waals surface area contributed by atoms with Crippen molar-refractivity contribution < 1.29 is 9.84 Å². The minimum absolute atomic E-state index is 0.383. The predicted octanol–water partition coefficient (Wildman–Crippen LogP) is 4.12. The molecule has 1 unspecified atom stereocenters. The normalized spacial score (nSPS) is 12.4. The third-order valence-corrected chi connectivity index (χ3v) is 4.25. The summed E-state index contributed by atoms with van der Waals surface area (Å²) < 4.78 is 5.18. The number of thiophene rings is 1. The fraction of sp³-hybridized carbons (Fsp3) is 0.375. The van der Waals surface area contributed by atoms with Crippen molar-refractivity contribution >= 4 is 11.3 Å². The molecule has 2 rings (SSSR count). The van der Waals surface area contributed by atoms with Crippen LogP contribution in [0.5, 0.6) is 5.75 Å². The molecule has 1 heterocycles. The first-order valence-corrected chi connectivity index (χ1v) is 7.43. The Hall–Kier alpha value is -1.32. The number of benzene rings is 1. The Bertz CT molecular complexity index is 505. The Balaban J connectivity index is 1.90. The van der Waals surface area contributed by atoms with Crippen molar-refractivity contribution in [3.05, 3.63) is 51.7 Å². The third-order valence-electron chi connectivity index (χ3n) is 3.32. The summed E-state index contributed by atoms with van der Waals surface area (Å²) in [5.74, 6) is 0.840. The largest absolute Gasteiger partial charge is 0.497 e. The second kappa shape index (κ2) is 6.73. The highest BCUT2D eigenvalue weighted by molar-refractivity contribution is 7.09. The van der Waals surface area contributed by atoms with Crippen LogP contribution < -0.4 is 4.74 Å². The second-order valence-corrected chi connectivity index (χ2v) is 5.74. The molecule has 0 bridgehead atoms.